The van der Waals surface area contributed by atoms with Gasteiger partial charge >= 0.3 is 0 Å². The van der Waals surface area contributed by atoms with Gasteiger partial charge in [0.25, 0.3) is 0 Å². The van der Waals surface area contributed by atoms with E-state index < -0.39 is 0 Å². The number of carbonyl (C=O) groups excluding carboxylic acids is 1. The Morgan fingerprint density at radius 1 is 1.17 bits per heavy atom. The summed E-state index contributed by atoms with van der Waals surface area (Å²) in [5, 5.41) is 8.16. The Kier molecular flexibility index (Phi) is 4.42. The molecule has 3 atom stereocenters. The van der Waals surface area contributed by atoms with E-state index in [9.17, 15) is 4.79 Å². The van der Waals surface area contributed by atoms with Gasteiger partial charge in [-0.15, -0.1) is 0 Å². The molecule has 3 N–H and O–H groups in total. The molecule has 5 rings (SSSR count). The minimum atomic E-state index is 0.0823. The Morgan fingerprint density at radius 3 is 2.90 bits per heavy atom. The van der Waals surface area contributed by atoms with Gasteiger partial charge in [-0.1, -0.05) is 44.2 Å². The summed E-state index contributed by atoms with van der Waals surface area (Å²) < 4.78 is 0. The van der Waals surface area contributed by atoms with Crippen molar-refractivity contribution >= 4 is 28.2 Å². The van der Waals surface area contributed by atoms with E-state index in [1.165, 1.54) is 22.0 Å². The van der Waals surface area contributed by atoms with Crippen LogP contribution in [0.4, 0.5) is 11.4 Å². The van der Waals surface area contributed by atoms with Crippen molar-refractivity contribution in [1.82, 2.24) is 4.98 Å². The Morgan fingerprint density at radius 2 is 2.03 bits per heavy atom. The van der Waals surface area contributed by atoms with Gasteiger partial charge in [-0.25, -0.2) is 0 Å². The predicted octanol–water partition coefficient (Wildman–Crippen LogP) is 5.98. The lowest BCUT2D eigenvalue weighted by Crippen LogP contribution is -2.29. The van der Waals surface area contributed by atoms with Crippen LogP contribution in [0.1, 0.15) is 49.8 Å². The van der Waals surface area contributed by atoms with Gasteiger partial charge < -0.3 is 15.6 Å². The van der Waals surface area contributed by atoms with Gasteiger partial charge in [-0.05, 0) is 53.6 Å². The predicted molar refractivity (Wildman–Crippen MR) is 119 cm³/mol. The highest BCUT2D eigenvalue weighted by Gasteiger charge is 2.38. The highest BCUT2D eigenvalue weighted by molar-refractivity contribution is 5.91. The minimum absolute atomic E-state index is 0.0823. The van der Waals surface area contributed by atoms with E-state index in [1.54, 1.807) is 0 Å². The summed E-state index contributed by atoms with van der Waals surface area (Å²) in [6.45, 7) is 4.13. The molecule has 1 aliphatic heterocycles. The molecule has 4 heteroatoms. The van der Waals surface area contributed by atoms with Crippen molar-refractivity contribution in [2.45, 2.75) is 38.6 Å². The monoisotopic (exact) mass is 385 g/mol. The number of carbonyl (C=O) groups is 1. The Labute approximate surface area is 171 Å². The van der Waals surface area contributed by atoms with Gasteiger partial charge in [0.2, 0.25) is 5.91 Å². The quantitative estimate of drug-likeness (QED) is 0.484. The number of hydrogen-bond acceptors (Lipinski definition) is 2. The number of aromatic amines is 1. The number of hydrogen-bond donors (Lipinski definition) is 3. The minimum Gasteiger partial charge on any atom is -0.378 e. The molecule has 148 valence electrons. The molecule has 3 unspecified atom stereocenters. The van der Waals surface area contributed by atoms with Crippen molar-refractivity contribution < 1.29 is 4.79 Å². The van der Waals surface area contributed by atoms with E-state index in [4.69, 9.17) is 0 Å². The Balaban J connectivity index is 1.48. The number of para-hydroxylation sites is 1. The Bertz CT molecular complexity index is 1090. The van der Waals surface area contributed by atoms with Crippen LogP contribution in [0.15, 0.2) is 60.8 Å². The van der Waals surface area contributed by atoms with E-state index in [-0.39, 0.29) is 11.9 Å². The summed E-state index contributed by atoms with van der Waals surface area (Å²) in [6.07, 6.45) is 8.40. The standard InChI is InChI=1S/C25H27N3O/c1-15(2)12-24(29)27-16-10-11-23-20(13-16)17-7-5-8-19(17)25(28-23)21-14-26-22-9-4-3-6-18(21)22/h3-7,9-11,13-15,17,19,25-26,28H,8,12H2,1-2H3,(H,27,29). The SMILES string of the molecule is CC(C)CC(=O)Nc1ccc2c(c1)C1C=CCC1C(c1c[nH]c3ccccc13)N2. The third-order valence-electron chi connectivity index (χ3n) is 6.20. The van der Waals surface area contributed by atoms with E-state index in [0.717, 1.165) is 17.8 Å². The summed E-state index contributed by atoms with van der Waals surface area (Å²) in [5.74, 6) is 1.28. The molecule has 0 saturated heterocycles. The second-order valence-electron chi connectivity index (χ2n) is 8.71. The lowest BCUT2D eigenvalue weighted by molar-refractivity contribution is -0.116. The zero-order valence-corrected chi connectivity index (χ0v) is 16.9. The highest BCUT2D eigenvalue weighted by Crippen LogP contribution is 2.51. The normalized spacial score (nSPS) is 22.4. The average molecular weight is 386 g/mol. The number of fused-ring (bicyclic) bond motifs is 4. The maximum Gasteiger partial charge on any atom is 0.224 e. The van der Waals surface area contributed by atoms with Crippen LogP contribution in [-0.4, -0.2) is 10.9 Å². The summed E-state index contributed by atoms with van der Waals surface area (Å²) >= 11 is 0. The molecule has 0 saturated carbocycles. The lowest BCUT2D eigenvalue weighted by Gasteiger charge is -2.37. The molecular formula is C25H27N3O. The van der Waals surface area contributed by atoms with Crippen LogP contribution in [0.5, 0.6) is 0 Å². The topological polar surface area (TPSA) is 56.9 Å². The molecule has 1 amide bonds. The van der Waals surface area contributed by atoms with Crippen LogP contribution in [0, 0.1) is 11.8 Å². The fourth-order valence-electron chi connectivity index (χ4n) is 4.91. The third-order valence-corrected chi connectivity index (χ3v) is 6.20. The molecule has 2 aromatic carbocycles. The molecule has 2 heterocycles. The molecule has 0 spiro atoms. The van der Waals surface area contributed by atoms with Crippen LogP contribution in [0.3, 0.4) is 0 Å². The van der Waals surface area contributed by atoms with E-state index >= 15 is 0 Å². The van der Waals surface area contributed by atoms with E-state index in [1.807, 2.05) is 6.07 Å². The van der Waals surface area contributed by atoms with Crippen molar-refractivity contribution in [2.24, 2.45) is 11.8 Å². The molecule has 2 aliphatic rings. The van der Waals surface area contributed by atoms with Gasteiger partial charge in [0.05, 0.1) is 6.04 Å². The van der Waals surface area contributed by atoms with Crippen molar-refractivity contribution in [3.8, 4) is 0 Å². The molecule has 1 aliphatic carbocycles. The number of amides is 1. The molecular weight excluding hydrogens is 358 g/mol. The molecule has 1 aromatic heterocycles. The number of H-pyrrole nitrogens is 1. The van der Waals surface area contributed by atoms with Crippen LogP contribution >= 0.6 is 0 Å². The first-order valence-corrected chi connectivity index (χ1v) is 10.5. The first-order chi connectivity index (χ1) is 14.1. The number of aromatic nitrogens is 1. The first-order valence-electron chi connectivity index (χ1n) is 10.5. The molecule has 29 heavy (non-hydrogen) atoms. The van der Waals surface area contributed by atoms with Gasteiger partial charge in [0.15, 0.2) is 0 Å². The van der Waals surface area contributed by atoms with Crippen molar-refractivity contribution in [2.75, 3.05) is 10.6 Å². The smallest absolute Gasteiger partial charge is 0.224 e. The van der Waals surface area contributed by atoms with Gasteiger partial charge in [0, 0.05) is 40.8 Å². The molecule has 3 aromatic rings. The number of benzene rings is 2. The molecule has 0 bridgehead atoms. The van der Waals surface area contributed by atoms with Gasteiger partial charge in [0.1, 0.15) is 0 Å². The maximum atomic E-state index is 12.2. The number of nitrogens with one attached hydrogen (secondary N) is 3. The molecule has 4 nitrogen and oxygen atoms in total. The third kappa shape index (κ3) is 3.23. The summed E-state index contributed by atoms with van der Waals surface area (Å²) in [4.78, 5) is 15.6. The largest absolute Gasteiger partial charge is 0.378 e. The van der Waals surface area contributed by atoms with E-state index in [2.05, 4.69) is 84.2 Å². The first kappa shape index (κ1) is 18.0. The lowest BCUT2D eigenvalue weighted by atomic mass is 9.77. The highest BCUT2D eigenvalue weighted by atomic mass is 16.1. The fraction of sp³-hybridized carbons (Fsp3) is 0.320. The van der Waals surface area contributed by atoms with Crippen LogP contribution in [0.25, 0.3) is 10.9 Å². The zero-order valence-electron chi connectivity index (χ0n) is 16.9. The van der Waals surface area contributed by atoms with Crippen molar-refractivity contribution in [1.29, 1.82) is 0 Å². The second kappa shape index (κ2) is 7.11. The number of allylic oxidation sites excluding steroid dienone is 2. The summed E-state index contributed by atoms with van der Waals surface area (Å²) in [7, 11) is 0. The van der Waals surface area contributed by atoms with Crippen LogP contribution < -0.4 is 10.6 Å². The second-order valence-corrected chi connectivity index (χ2v) is 8.71. The van der Waals surface area contributed by atoms with Gasteiger partial charge in [-0.3, -0.25) is 4.79 Å². The number of anilines is 2. The van der Waals surface area contributed by atoms with Crippen LogP contribution in [-0.2, 0) is 4.79 Å². The fourth-order valence-corrected chi connectivity index (χ4v) is 4.91. The Hall–Kier alpha value is -3.01. The summed E-state index contributed by atoms with van der Waals surface area (Å²) in [5.41, 5.74) is 5.85. The van der Waals surface area contributed by atoms with E-state index in [0.29, 0.717) is 24.2 Å². The van der Waals surface area contributed by atoms with Gasteiger partial charge in [-0.2, -0.15) is 0 Å². The van der Waals surface area contributed by atoms with Crippen molar-refractivity contribution in [3.05, 3.63) is 71.9 Å². The molecule has 0 fully saturated rings. The summed E-state index contributed by atoms with van der Waals surface area (Å²) in [6, 6.07) is 15.0. The molecule has 0 radical (unpaired) electrons. The van der Waals surface area contributed by atoms with Crippen LogP contribution in [0.2, 0.25) is 0 Å². The average Bonchev–Trinajstić information content (AvgIpc) is 3.34. The van der Waals surface area contributed by atoms with Crippen molar-refractivity contribution in [3.63, 3.8) is 0 Å². The zero-order chi connectivity index (χ0) is 20.0. The number of rotatable bonds is 4. The maximum absolute atomic E-state index is 12.2.